The lowest BCUT2D eigenvalue weighted by molar-refractivity contribution is 0.102. The fourth-order valence-corrected chi connectivity index (χ4v) is 3.35. The molecule has 1 heterocycles. The van der Waals surface area contributed by atoms with Crippen LogP contribution in [0.4, 0.5) is 5.69 Å². The van der Waals surface area contributed by atoms with E-state index in [1.54, 1.807) is 33.5 Å². The Labute approximate surface area is 169 Å². The number of H-pyrrole nitrogens is 1. The van der Waals surface area contributed by atoms with E-state index in [1.807, 2.05) is 30.3 Å². The largest absolute Gasteiger partial charge is 0.496 e. The van der Waals surface area contributed by atoms with Crippen LogP contribution in [-0.4, -0.2) is 37.4 Å². The van der Waals surface area contributed by atoms with Crippen molar-refractivity contribution in [3.8, 4) is 28.5 Å². The highest BCUT2D eigenvalue weighted by Crippen LogP contribution is 2.46. The van der Waals surface area contributed by atoms with Crippen LogP contribution in [0.2, 0.25) is 0 Å². The van der Waals surface area contributed by atoms with Crippen molar-refractivity contribution < 1.29 is 19.0 Å². The normalized spacial score (nSPS) is 13.1. The minimum atomic E-state index is -0.243. The van der Waals surface area contributed by atoms with Gasteiger partial charge in [0.2, 0.25) is 0 Å². The van der Waals surface area contributed by atoms with Crippen molar-refractivity contribution in [1.82, 2.24) is 10.2 Å². The Kier molecular flexibility index (Phi) is 5.12. The summed E-state index contributed by atoms with van der Waals surface area (Å²) in [7, 11) is 4.73. The fraction of sp³-hybridized carbons (Fsp3) is 0.273. The minimum absolute atomic E-state index is 0.243. The molecule has 0 radical (unpaired) electrons. The molecular formula is C22H23N3O4. The third-order valence-corrected chi connectivity index (χ3v) is 5.03. The third kappa shape index (κ3) is 3.63. The highest BCUT2D eigenvalue weighted by Gasteiger charge is 2.31. The number of nitrogens with one attached hydrogen (secondary N) is 2. The molecule has 0 unspecified atom stereocenters. The van der Waals surface area contributed by atoms with E-state index in [0.717, 1.165) is 24.1 Å². The van der Waals surface area contributed by atoms with Crippen molar-refractivity contribution in [1.29, 1.82) is 0 Å². The highest BCUT2D eigenvalue weighted by molar-refractivity contribution is 6.08. The van der Waals surface area contributed by atoms with E-state index < -0.39 is 0 Å². The second-order valence-corrected chi connectivity index (χ2v) is 6.86. The van der Waals surface area contributed by atoms with Crippen LogP contribution in [0.25, 0.3) is 11.3 Å². The number of benzene rings is 2. The monoisotopic (exact) mass is 393 g/mol. The number of anilines is 1. The molecule has 0 atom stereocenters. The zero-order chi connectivity index (χ0) is 20.4. The zero-order valence-electron chi connectivity index (χ0n) is 16.6. The summed E-state index contributed by atoms with van der Waals surface area (Å²) in [6.07, 6.45) is 2.15. The Morgan fingerprint density at radius 1 is 1.00 bits per heavy atom. The molecule has 7 nitrogen and oxygen atoms in total. The number of aromatic amines is 1. The summed E-state index contributed by atoms with van der Waals surface area (Å²) in [4.78, 5) is 13.0. The molecule has 1 fully saturated rings. The van der Waals surface area contributed by atoms with Crippen LogP contribution in [0.5, 0.6) is 17.2 Å². The van der Waals surface area contributed by atoms with E-state index in [9.17, 15) is 4.79 Å². The van der Waals surface area contributed by atoms with E-state index >= 15 is 0 Å². The van der Waals surface area contributed by atoms with Gasteiger partial charge in [-0.3, -0.25) is 9.89 Å². The Hall–Kier alpha value is -3.48. The summed E-state index contributed by atoms with van der Waals surface area (Å²) in [6.45, 7) is 0. The number of ether oxygens (including phenoxy) is 3. The third-order valence-electron chi connectivity index (χ3n) is 5.03. The maximum absolute atomic E-state index is 13.0. The van der Waals surface area contributed by atoms with Gasteiger partial charge in [0.05, 0.1) is 38.3 Å². The highest BCUT2D eigenvalue weighted by atomic mass is 16.5. The standard InChI is InChI=1S/C22H23N3O4/c1-27-16-7-5-4-6-15(16)22(26)23-21-19(13-8-9-13)24-25-20(21)14-10-11-17(28-2)18(12-14)29-3/h4-7,10-13H,8-9H2,1-3H3,(H,23,26)(H,24,25). The predicted octanol–water partition coefficient (Wildman–Crippen LogP) is 4.23. The first-order valence-electron chi connectivity index (χ1n) is 9.41. The lowest BCUT2D eigenvalue weighted by Crippen LogP contribution is -2.14. The summed E-state index contributed by atoms with van der Waals surface area (Å²) < 4.78 is 16.1. The number of hydrogen-bond donors (Lipinski definition) is 2. The topological polar surface area (TPSA) is 85.5 Å². The quantitative estimate of drug-likeness (QED) is 0.627. The number of hydrogen-bond acceptors (Lipinski definition) is 5. The van der Waals surface area contributed by atoms with E-state index in [0.29, 0.717) is 40.1 Å². The SMILES string of the molecule is COc1ccc(-c2n[nH]c(C3CC3)c2NC(=O)c2ccccc2OC)cc1OC. The Morgan fingerprint density at radius 3 is 2.41 bits per heavy atom. The second-order valence-electron chi connectivity index (χ2n) is 6.86. The van der Waals surface area contributed by atoms with E-state index in [2.05, 4.69) is 15.5 Å². The number of carbonyl (C=O) groups excluding carboxylic acids is 1. The van der Waals surface area contributed by atoms with Crippen LogP contribution in [0, 0.1) is 0 Å². The predicted molar refractivity (Wildman–Crippen MR) is 110 cm³/mol. The summed E-state index contributed by atoms with van der Waals surface area (Å²) in [6, 6.07) is 12.7. The van der Waals surface area contributed by atoms with Crippen molar-refractivity contribution >= 4 is 11.6 Å². The van der Waals surface area contributed by atoms with Crippen LogP contribution < -0.4 is 19.5 Å². The van der Waals surface area contributed by atoms with Gasteiger partial charge in [0.25, 0.3) is 5.91 Å². The van der Waals surface area contributed by atoms with E-state index in [-0.39, 0.29) is 5.91 Å². The molecule has 1 aromatic heterocycles. The lowest BCUT2D eigenvalue weighted by Gasteiger charge is -2.12. The molecule has 4 rings (SSSR count). The van der Waals surface area contributed by atoms with Crippen molar-refractivity contribution in [3.63, 3.8) is 0 Å². The van der Waals surface area contributed by atoms with Crippen molar-refractivity contribution in [2.24, 2.45) is 0 Å². The van der Waals surface area contributed by atoms with Crippen LogP contribution in [-0.2, 0) is 0 Å². The molecule has 0 saturated heterocycles. The van der Waals surface area contributed by atoms with Crippen LogP contribution in [0.15, 0.2) is 42.5 Å². The molecule has 2 aromatic carbocycles. The van der Waals surface area contributed by atoms with Gasteiger partial charge in [-0.2, -0.15) is 5.10 Å². The number of rotatable bonds is 7. The molecule has 3 aromatic rings. The van der Waals surface area contributed by atoms with Gasteiger partial charge >= 0.3 is 0 Å². The number of amides is 1. The van der Waals surface area contributed by atoms with Gasteiger partial charge in [-0.1, -0.05) is 12.1 Å². The Balaban J connectivity index is 1.73. The van der Waals surface area contributed by atoms with Gasteiger partial charge in [0, 0.05) is 11.5 Å². The van der Waals surface area contributed by atoms with E-state index in [1.165, 1.54) is 0 Å². The molecule has 29 heavy (non-hydrogen) atoms. The molecule has 1 amide bonds. The molecule has 0 spiro atoms. The van der Waals surface area contributed by atoms with Crippen LogP contribution in [0.3, 0.4) is 0 Å². The lowest BCUT2D eigenvalue weighted by atomic mass is 10.1. The number of methoxy groups -OCH3 is 3. The molecule has 1 aliphatic rings. The first kappa shape index (κ1) is 18.9. The molecule has 0 aliphatic heterocycles. The summed E-state index contributed by atoms with van der Waals surface area (Å²) in [5, 5.41) is 10.7. The maximum Gasteiger partial charge on any atom is 0.259 e. The molecule has 7 heteroatoms. The van der Waals surface area contributed by atoms with Crippen molar-refractivity contribution in [2.45, 2.75) is 18.8 Å². The summed E-state index contributed by atoms with van der Waals surface area (Å²) in [5.74, 6) is 1.89. The second kappa shape index (κ2) is 7.87. The van der Waals surface area contributed by atoms with Gasteiger partial charge in [-0.15, -0.1) is 0 Å². The average molecular weight is 393 g/mol. The van der Waals surface area contributed by atoms with Gasteiger partial charge < -0.3 is 19.5 Å². The molecule has 2 N–H and O–H groups in total. The molecular weight excluding hydrogens is 370 g/mol. The number of nitrogens with zero attached hydrogens (tertiary/aromatic N) is 1. The average Bonchev–Trinajstić information content (AvgIpc) is 3.53. The van der Waals surface area contributed by atoms with Crippen molar-refractivity contribution in [3.05, 3.63) is 53.7 Å². The van der Waals surface area contributed by atoms with Crippen LogP contribution in [0.1, 0.15) is 34.8 Å². The number of aromatic nitrogens is 2. The number of para-hydroxylation sites is 1. The van der Waals surface area contributed by atoms with Gasteiger partial charge in [-0.05, 0) is 43.2 Å². The van der Waals surface area contributed by atoms with Gasteiger partial charge in [0.1, 0.15) is 11.4 Å². The first-order chi connectivity index (χ1) is 14.2. The van der Waals surface area contributed by atoms with Crippen molar-refractivity contribution in [2.75, 3.05) is 26.6 Å². The first-order valence-corrected chi connectivity index (χ1v) is 9.41. The molecule has 1 saturated carbocycles. The summed E-state index contributed by atoms with van der Waals surface area (Å²) in [5.41, 5.74) is 3.59. The molecule has 0 bridgehead atoms. The smallest absolute Gasteiger partial charge is 0.259 e. The zero-order valence-corrected chi connectivity index (χ0v) is 16.6. The van der Waals surface area contributed by atoms with Gasteiger partial charge in [-0.25, -0.2) is 0 Å². The maximum atomic E-state index is 13.0. The number of carbonyl (C=O) groups is 1. The van der Waals surface area contributed by atoms with E-state index in [4.69, 9.17) is 14.2 Å². The molecule has 1 aliphatic carbocycles. The molecule has 150 valence electrons. The Morgan fingerprint density at radius 2 is 1.72 bits per heavy atom. The Bertz CT molecular complexity index is 1040. The summed E-state index contributed by atoms with van der Waals surface area (Å²) >= 11 is 0. The van der Waals surface area contributed by atoms with Gasteiger partial charge in [0.15, 0.2) is 11.5 Å². The van der Waals surface area contributed by atoms with Crippen LogP contribution >= 0.6 is 0 Å². The fourth-order valence-electron chi connectivity index (χ4n) is 3.35. The minimum Gasteiger partial charge on any atom is -0.496 e.